The highest BCUT2D eigenvalue weighted by atomic mass is 32.2. The molecule has 0 fully saturated rings. The van der Waals surface area contributed by atoms with E-state index in [1.807, 2.05) is 0 Å². The maximum absolute atomic E-state index is 12.7. The van der Waals surface area contributed by atoms with Crippen LogP contribution in [0.2, 0.25) is 0 Å². The molecule has 3 aromatic carbocycles. The van der Waals surface area contributed by atoms with Crippen molar-refractivity contribution in [1.82, 2.24) is 0 Å². The van der Waals surface area contributed by atoms with Gasteiger partial charge in [0.1, 0.15) is 19.0 Å². The van der Waals surface area contributed by atoms with Crippen LogP contribution in [0.1, 0.15) is 27.6 Å². The highest BCUT2D eigenvalue weighted by Crippen LogP contribution is 2.23. The molecule has 0 radical (unpaired) electrons. The van der Waals surface area contributed by atoms with Crippen molar-refractivity contribution >= 4 is 33.2 Å². The second-order valence-electron chi connectivity index (χ2n) is 6.94. The first-order valence-corrected chi connectivity index (χ1v) is 11.4. The maximum Gasteiger partial charge on any atom is 0.340 e. The minimum atomic E-state index is -4.22. The fraction of sp³-hybridized carbons (Fsp3) is 0.130. The van der Waals surface area contributed by atoms with E-state index in [1.54, 1.807) is 24.3 Å². The van der Waals surface area contributed by atoms with Gasteiger partial charge < -0.3 is 9.47 Å². The highest BCUT2D eigenvalue weighted by molar-refractivity contribution is 7.92. The largest absolute Gasteiger partial charge is 0.489 e. The Labute approximate surface area is 195 Å². The number of ketones is 1. The molecule has 0 aliphatic heterocycles. The third-order valence-corrected chi connectivity index (χ3v) is 5.93. The molecule has 176 valence electrons. The second-order valence-corrected chi connectivity index (χ2v) is 8.62. The molecule has 0 aliphatic rings. The van der Waals surface area contributed by atoms with E-state index in [4.69, 9.17) is 9.47 Å². The van der Waals surface area contributed by atoms with Crippen LogP contribution in [-0.2, 0) is 14.8 Å². The lowest BCUT2D eigenvalue weighted by atomic mass is 10.1. The minimum absolute atomic E-state index is 0.0301. The Morgan fingerprint density at radius 3 is 2.32 bits per heavy atom. The normalized spacial score (nSPS) is 10.9. The lowest BCUT2D eigenvalue weighted by Gasteiger charge is -2.13. The molecule has 0 saturated carbocycles. The van der Waals surface area contributed by atoms with E-state index >= 15 is 0 Å². The molecular formula is C23H20N2O8S. The zero-order valence-corrected chi connectivity index (χ0v) is 18.8. The van der Waals surface area contributed by atoms with E-state index in [0.29, 0.717) is 11.3 Å². The SMILES string of the molecule is CC(=O)c1ccccc1OCCOC(=O)c1ccccc1NS(=O)(=O)c1cccc([N+](=O)[O-])c1. The third kappa shape index (κ3) is 5.95. The number of sulfonamides is 1. The van der Waals surface area contributed by atoms with Crippen molar-refractivity contribution < 1.29 is 32.4 Å². The number of nitrogens with zero attached hydrogens (tertiary/aromatic N) is 1. The van der Waals surface area contributed by atoms with E-state index in [-0.39, 0.29) is 40.8 Å². The molecule has 3 rings (SSSR count). The predicted molar refractivity (Wildman–Crippen MR) is 123 cm³/mol. The van der Waals surface area contributed by atoms with Gasteiger partial charge in [0.15, 0.2) is 5.78 Å². The smallest absolute Gasteiger partial charge is 0.340 e. The van der Waals surface area contributed by atoms with E-state index < -0.39 is 20.9 Å². The summed E-state index contributed by atoms with van der Waals surface area (Å²) in [6, 6.07) is 17.0. The molecule has 0 bridgehead atoms. The number of hydrogen-bond donors (Lipinski definition) is 1. The molecule has 0 heterocycles. The number of nitrogens with one attached hydrogen (secondary N) is 1. The molecule has 0 unspecified atom stereocenters. The summed E-state index contributed by atoms with van der Waals surface area (Å²) >= 11 is 0. The molecule has 11 heteroatoms. The number of rotatable bonds is 10. The Morgan fingerprint density at radius 2 is 1.62 bits per heavy atom. The quantitative estimate of drug-likeness (QED) is 0.150. The number of ether oxygens (including phenoxy) is 2. The number of carbonyl (C=O) groups is 2. The third-order valence-electron chi connectivity index (χ3n) is 4.57. The van der Waals surface area contributed by atoms with E-state index in [1.165, 1.54) is 49.4 Å². The van der Waals surface area contributed by atoms with E-state index in [2.05, 4.69) is 4.72 Å². The van der Waals surface area contributed by atoms with Crippen LogP contribution in [0.3, 0.4) is 0 Å². The van der Waals surface area contributed by atoms with Gasteiger partial charge in [-0.25, -0.2) is 13.2 Å². The number of nitro groups is 1. The van der Waals surface area contributed by atoms with Crippen molar-refractivity contribution in [3.63, 3.8) is 0 Å². The molecule has 10 nitrogen and oxygen atoms in total. The van der Waals surface area contributed by atoms with Gasteiger partial charge in [-0.2, -0.15) is 0 Å². The summed E-state index contributed by atoms with van der Waals surface area (Å²) in [7, 11) is -4.22. The van der Waals surface area contributed by atoms with Gasteiger partial charge in [0, 0.05) is 12.1 Å². The van der Waals surface area contributed by atoms with Crippen LogP contribution < -0.4 is 9.46 Å². The number of nitro benzene ring substituents is 1. The molecule has 1 N–H and O–H groups in total. The topological polar surface area (TPSA) is 142 Å². The van der Waals surface area contributed by atoms with Gasteiger partial charge in [0.25, 0.3) is 15.7 Å². The summed E-state index contributed by atoms with van der Waals surface area (Å²) < 4.78 is 38.4. The maximum atomic E-state index is 12.7. The summed E-state index contributed by atoms with van der Waals surface area (Å²) in [5.41, 5.74) is -0.0980. The van der Waals surface area contributed by atoms with Crippen molar-refractivity contribution in [3.05, 3.63) is 94.0 Å². The standard InChI is InChI=1S/C23H20N2O8S/c1-16(26)19-9-3-5-12-22(19)32-13-14-33-23(27)20-10-2-4-11-21(20)24-34(30,31)18-8-6-7-17(15-18)25(28)29/h2-12,15,24H,13-14H2,1H3. The van der Waals surface area contributed by atoms with Crippen LogP contribution in [0, 0.1) is 10.1 Å². The van der Waals surface area contributed by atoms with Crippen LogP contribution >= 0.6 is 0 Å². The van der Waals surface area contributed by atoms with Crippen LogP contribution in [-0.4, -0.2) is 38.3 Å². The lowest BCUT2D eigenvalue weighted by molar-refractivity contribution is -0.385. The Balaban J connectivity index is 1.68. The lowest BCUT2D eigenvalue weighted by Crippen LogP contribution is -2.18. The molecular weight excluding hydrogens is 464 g/mol. The number of anilines is 1. The highest BCUT2D eigenvalue weighted by Gasteiger charge is 2.21. The number of Topliss-reactive ketones (excluding diaryl/α,β-unsaturated/α-hetero) is 1. The van der Waals surface area contributed by atoms with Gasteiger partial charge >= 0.3 is 5.97 Å². The van der Waals surface area contributed by atoms with Gasteiger partial charge in [-0.15, -0.1) is 0 Å². The summed E-state index contributed by atoms with van der Waals surface area (Å²) in [6.45, 7) is 1.22. The van der Waals surface area contributed by atoms with Gasteiger partial charge in [-0.05, 0) is 37.3 Å². The number of para-hydroxylation sites is 2. The summed E-state index contributed by atoms with van der Waals surface area (Å²) in [5, 5.41) is 11.0. The Hall–Kier alpha value is -4.25. The number of hydrogen-bond acceptors (Lipinski definition) is 8. The van der Waals surface area contributed by atoms with Gasteiger partial charge in [-0.3, -0.25) is 19.6 Å². The Kier molecular flexibility index (Phi) is 7.59. The Morgan fingerprint density at radius 1 is 0.941 bits per heavy atom. The predicted octanol–water partition coefficient (Wildman–Crippen LogP) is 3.83. The molecule has 34 heavy (non-hydrogen) atoms. The van der Waals surface area contributed by atoms with Gasteiger partial charge in [0.2, 0.25) is 0 Å². The first kappa shape index (κ1) is 24.4. The molecule has 0 saturated heterocycles. The van der Waals surface area contributed by atoms with E-state index in [0.717, 1.165) is 6.07 Å². The first-order chi connectivity index (χ1) is 16.2. The van der Waals surface area contributed by atoms with Crippen LogP contribution in [0.5, 0.6) is 5.75 Å². The van der Waals surface area contributed by atoms with Crippen molar-refractivity contribution in [2.75, 3.05) is 17.9 Å². The second kappa shape index (κ2) is 10.6. The molecule has 0 amide bonds. The summed E-state index contributed by atoms with van der Waals surface area (Å²) in [6.07, 6.45) is 0. The molecule has 0 aromatic heterocycles. The first-order valence-electron chi connectivity index (χ1n) is 9.95. The van der Waals surface area contributed by atoms with Crippen molar-refractivity contribution in [2.45, 2.75) is 11.8 Å². The van der Waals surface area contributed by atoms with Crippen LogP contribution in [0.25, 0.3) is 0 Å². The number of carbonyl (C=O) groups excluding carboxylic acids is 2. The molecule has 3 aromatic rings. The Bertz CT molecular complexity index is 1340. The van der Waals surface area contributed by atoms with Gasteiger partial charge in [-0.1, -0.05) is 30.3 Å². The van der Waals surface area contributed by atoms with Crippen molar-refractivity contribution in [1.29, 1.82) is 0 Å². The summed E-state index contributed by atoms with van der Waals surface area (Å²) in [4.78, 5) is 34.1. The minimum Gasteiger partial charge on any atom is -0.489 e. The monoisotopic (exact) mass is 484 g/mol. The molecule has 0 atom stereocenters. The molecule has 0 aliphatic carbocycles. The van der Waals surface area contributed by atoms with Crippen LogP contribution in [0.4, 0.5) is 11.4 Å². The van der Waals surface area contributed by atoms with Gasteiger partial charge in [0.05, 0.1) is 26.6 Å². The number of non-ortho nitro benzene ring substituents is 1. The average molecular weight is 484 g/mol. The zero-order valence-electron chi connectivity index (χ0n) is 18.0. The molecule has 0 spiro atoms. The van der Waals surface area contributed by atoms with Crippen LogP contribution in [0.15, 0.2) is 77.7 Å². The van der Waals surface area contributed by atoms with Crippen molar-refractivity contribution in [3.8, 4) is 5.75 Å². The van der Waals surface area contributed by atoms with E-state index in [9.17, 15) is 28.1 Å². The van der Waals surface area contributed by atoms with Crippen molar-refractivity contribution in [2.24, 2.45) is 0 Å². The fourth-order valence-electron chi connectivity index (χ4n) is 2.97. The summed E-state index contributed by atoms with van der Waals surface area (Å²) in [5.74, 6) is -0.616. The zero-order chi connectivity index (χ0) is 24.7. The number of benzene rings is 3. The average Bonchev–Trinajstić information content (AvgIpc) is 2.82. The number of esters is 1. The fourth-order valence-corrected chi connectivity index (χ4v) is 4.08.